The molecule has 0 saturated carbocycles. The van der Waals surface area contributed by atoms with Gasteiger partial charge in [0.25, 0.3) is 0 Å². The monoisotopic (exact) mass is 375 g/mol. The number of benzene rings is 1. The van der Waals surface area contributed by atoms with E-state index < -0.39 is 0 Å². The molecule has 5 heteroatoms. The predicted molar refractivity (Wildman–Crippen MR) is 110 cm³/mol. The van der Waals surface area contributed by atoms with Crippen molar-refractivity contribution < 1.29 is 4.79 Å². The van der Waals surface area contributed by atoms with E-state index in [9.17, 15) is 4.79 Å². The molecular weight excluding hydrogens is 342 g/mol. The summed E-state index contributed by atoms with van der Waals surface area (Å²) in [5.41, 5.74) is 2.60. The minimum absolute atomic E-state index is 0.153. The molecule has 2 saturated heterocycles. The third-order valence-electron chi connectivity index (χ3n) is 5.36. The predicted octanol–water partition coefficient (Wildman–Crippen LogP) is 2.88. The first-order valence-corrected chi connectivity index (χ1v) is 11.1. The van der Waals surface area contributed by atoms with Crippen molar-refractivity contribution in [2.45, 2.75) is 45.8 Å². The zero-order valence-electron chi connectivity index (χ0n) is 16.2. The Morgan fingerprint density at radius 1 is 1.23 bits per heavy atom. The number of nitrogens with zero attached hydrogens (tertiary/aromatic N) is 1. The summed E-state index contributed by atoms with van der Waals surface area (Å²) in [5, 5.41) is 6.57. The number of hydrogen-bond donors (Lipinski definition) is 2. The summed E-state index contributed by atoms with van der Waals surface area (Å²) in [6, 6.07) is 8.87. The van der Waals surface area contributed by atoms with Crippen molar-refractivity contribution in [3.63, 3.8) is 0 Å². The van der Waals surface area contributed by atoms with Gasteiger partial charge in [0.05, 0.1) is 0 Å². The van der Waals surface area contributed by atoms with Gasteiger partial charge in [-0.1, -0.05) is 38.1 Å². The lowest BCUT2D eigenvalue weighted by atomic mass is 9.91. The van der Waals surface area contributed by atoms with Crippen LogP contribution in [-0.2, 0) is 17.9 Å². The van der Waals surface area contributed by atoms with Crippen LogP contribution in [0.15, 0.2) is 24.3 Å². The Kier molecular flexibility index (Phi) is 7.41. The van der Waals surface area contributed by atoms with E-state index >= 15 is 0 Å². The molecule has 0 spiro atoms. The molecular formula is C21H33N3OS. The smallest absolute Gasteiger partial charge is 0.221 e. The SMILES string of the molecule is CC1CC(C)CN(Cc2ccccc2CNC(=O)CC2CSCCN2)C1. The average molecular weight is 376 g/mol. The zero-order chi connectivity index (χ0) is 18.4. The molecule has 3 unspecified atom stereocenters. The minimum atomic E-state index is 0.153. The lowest BCUT2D eigenvalue weighted by Gasteiger charge is -2.35. The van der Waals surface area contributed by atoms with Crippen LogP contribution in [0.3, 0.4) is 0 Å². The second kappa shape index (κ2) is 9.77. The van der Waals surface area contributed by atoms with Gasteiger partial charge < -0.3 is 10.6 Å². The van der Waals surface area contributed by atoms with Crippen molar-refractivity contribution in [1.29, 1.82) is 0 Å². The average Bonchev–Trinajstić information content (AvgIpc) is 2.61. The van der Waals surface area contributed by atoms with Crippen LogP contribution >= 0.6 is 11.8 Å². The van der Waals surface area contributed by atoms with Crippen molar-refractivity contribution in [1.82, 2.24) is 15.5 Å². The van der Waals surface area contributed by atoms with Gasteiger partial charge in [-0.05, 0) is 29.4 Å². The first-order chi connectivity index (χ1) is 12.6. The van der Waals surface area contributed by atoms with Gasteiger partial charge in [-0.3, -0.25) is 9.69 Å². The van der Waals surface area contributed by atoms with Gasteiger partial charge in [-0.15, -0.1) is 0 Å². The molecule has 2 heterocycles. The van der Waals surface area contributed by atoms with E-state index in [1.807, 2.05) is 11.8 Å². The Morgan fingerprint density at radius 2 is 1.96 bits per heavy atom. The maximum atomic E-state index is 12.3. The van der Waals surface area contributed by atoms with E-state index in [0.29, 0.717) is 19.0 Å². The number of thioether (sulfide) groups is 1. The Labute approximate surface area is 162 Å². The highest BCUT2D eigenvalue weighted by Crippen LogP contribution is 2.23. The molecule has 0 bridgehead atoms. The Morgan fingerprint density at radius 3 is 2.65 bits per heavy atom. The molecule has 2 fully saturated rings. The van der Waals surface area contributed by atoms with Gasteiger partial charge in [0.1, 0.15) is 0 Å². The number of hydrogen-bond acceptors (Lipinski definition) is 4. The summed E-state index contributed by atoms with van der Waals surface area (Å²) in [7, 11) is 0. The van der Waals surface area contributed by atoms with Gasteiger partial charge in [-0.2, -0.15) is 11.8 Å². The molecule has 1 aromatic rings. The Hall–Kier alpha value is -1.04. The summed E-state index contributed by atoms with van der Waals surface area (Å²) in [4.78, 5) is 14.9. The highest BCUT2D eigenvalue weighted by atomic mass is 32.2. The summed E-state index contributed by atoms with van der Waals surface area (Å²) in [6.45, 7) is 9.69. The van der Waals surface area contributed by atoms with Gasteiger partial charge >= 0.3 is 0 Å². The quantitative estimate of drug-likeness (QED) is 0.802. The van der Waals surface area contributed by atoms with Gasteiger partial charge in [0.15, 0.2) is 0 Å². The van der Waals surface area contributed by atoms with Crippen LogP contribution in [0.5, 0.6) is 0 Å². The fourth-order valence-electron chi connectivity index (χ4n) is 4.29. The van der Waals surface area contributed by atoms with Crippen LogP contribution in [0.2, 0.25) is 0 Å². The topological polar surface area (TPSA) is 44.4 Å². The highest BCUT2D eigenvalue weighted by Gasteiger charge is 2.22. The largest absolute Gasteiger partial charge is 0.352 e. The number of piperidine rings is 1. The second-order valence-corrected chi connectivity index (χ2v) is 9.27. The van der Waals surface area contributed by atoms with Crippen molar-refractivity contribution in [2.75, 3.05) is 31.1 Å². The molecule has 1 aromatic carbocycles. The van der Waals surface area contributed by atoms with Crippen LogP contribution in [-0.4, -0.2) is 48.0 Å². The van der Waals surface area contributed by atoms with E-state index in [0.717, 1.165) is 36.4 Å². The standard InChI is InChI=1S/C21H33N3OS/c1-16-9-17(2)13-24(12-16)14-19-6-4-3-5-18(19)11-23-21(25)10-20-15-26-8-7-22-20/h3-6,16-17,20,22H,7-15H2,1-2H3,(H,23,25). The molecule has 2 aliphatic rings. The van der Waals surface area contributed by atoms with Crippen LogP contribution in [0.4, 0.5) is 0 Å². The molecule has 144 valence electrons. The molecule has 0 aliphatic carbocycles. The van der Waals surface area contributed by atoms with Crippen LogP contribution in [0, 0.1) is 11.8 Å². The number of rotatable bonds is 6. The molecule has 3 atom stereocenters. The van der Waals surface area contributed by atoms with Crippen molar-refractivity contribution >= 4 is 17.7 Å². The van der Waals surface area contributed by atoms with E-state index in [2.05, 4.69) is 53.6 Å². The summed E-state index contributed by atoms with van der Waals surface area (Å²) in [6.07, 6.45) is 1.91. The lowest BCUT2D eigenvalue weighted by molar-refractivity contribution is -0.121. The number of likely N-dealkylation sites (tertiary alicyclic amines) is 1. The normalized spacial score (nSPS) is 27.2. The van der Waals surface area contributed by atoms with Crippen molar-refractivity contribution in [3.05, 3.63) is 35.4 Å². The third kappa shape index (κ3) is 6.00. The summed E-state index contributed by atoms with van der Waals surface area (Å²) < 4.78 is 0. The fraction of sp³-hybridized carbons (Fsp3) is 0.667. The summed E-state index contributed by atoms with van der Waals surface area (Å²) in [5.74, 6) is 3.88. The van der Waals surface area contributed by atoms with Crippen molar-refractivity contribution in [3.8, 4) is 0 Å². The highest BCUT2D eigenvalue weighted by molar-refractivity contribution is 7.99. The molecule has 0 aromatic heterocycles. The second-order valence-electron chi connectivity index (χ2n) is 8.12. The van der Waals surface area contributed by atoms with Gasteiger partial charge in [0, 0.05) is 56.7 Å². The molecule has 3 rings (SSSR count). The molecule has 26 heavy (non-hydrogen) atoms. The Balaban J connectivity index is 1.52. The Bertz CT molecular complexity index is 578. The molecule has 4 nitrogen and oxygen atoms in total. The molecule has 2 N–H and O–H groups in total. The molecule has 0 radical (unpaired) electrons. The van der Waals surface area contributed by atoms with E-state index in [4.69, 9.17) is 0 Å². The van der Waals surface area contributed by atoms with E-state index in [1.54, 1.807) is 0 Å². The van der Waals surface area contributed by atoms with Gasteiger partial charge in [-0.25, -0.2) is 0 Å². The van der Waals surface area contributed by atoms with Crippen LogP contribution in [0.25, 0.3) is 0 Å². The zero-order valence-corrected chi connectivity index (χ0v) is 17.0. The minimum Gasteiger partial charge on any atom is -0.352 e. The summed E-state index contributed by atoms with van der Waals surface area (Å²) >= 11 is 1.93. The van der Waals surface area contributed by atoms with Crippen molar-refractivity contribution in [2.24, 2.45) is 11.8 Å². The number of carbonyl (C=O) groups excluding carboxylic acids is 1. The number of carbonyl (C=O) groups is 1. The first-order valence-electron chi connectivity index (χ1n) is 9.97. The molecule has 2 aliphatic heterocycles. The van der Waals surface area contributed by atoms with Crippen LogP contribution < -0.4 is 10.6 Å². The molecule has 1 amide bonds. The van der Waals surface area contributed by atoms with E-state index in [-0.39, 0.29) is 5.91 Å². The fourth-order valence-corrected chi connectivity index (χ4v) is 5.24. The maximum Gasteiger partial charge on any atom is 0.221 e. The third-order valence-corrected chi connectivity index (χ3v) is 6.49. The van der Waals surface area contributed by atoms with Crippen LogP contribution in [0.1, 0.15) is 37.8 Å². The lowest BCUT2D eigenvalue weighted by Crippen LogP contribution is -2.41. The number of nitrogens with one attached hydrogen (secondary N) is 2. The van der Waals surface area contributed by atoms with Gasteiger partial charge in [0.2, 0.25) is 5.91 Å². The number of amides is 1. The first kappa shape index (κ1) is 19.7. The maximum absolute atomic E-state index is 12.3. The van der Waals surface area contributed by atoms with E-state index in [1.165, 1.54) is 30.6 Å².